The van der Waals surface area contributed by atoms with Gasteiger partial charge < -0.3 is 16.6 Å². The molecular weight excluding hydrogens is 483 g/mol. The van der Waals surface area contributed by atoms with Gasteiger partial charge in [0, 0.05) is 13.1 Å². The first-order valence-corrected chi connectivity index (χ1v) is 11.0. The van der Waals surface area contributed by atoms with Crippen molar-refractivity contribution in [2.75, 3.05) is 11.6 Å². The summed E-state index contributed by atoms with van der Waals surface area (Å²) in [5.74, 6) is -2.98. The van der Waals surface area contributed by atoms with Crippen LogP contribution >= 0.6 is 23.2 Å². The van der Waals surface area contributed by atoms with Crippen molar-refractivity contribution in [1.82, 2.24) is 10.3 Å². The van der Waals surface area contributed by atoms with E-state index < -0.39 is 36.2 Å². The van der Waals surface area contributed by atoms with Gasteiger partial charge in [0.25, 0.3) is 5.91 Å². The van der Waals surface area contributed by atoms with E-state index in [1.54, 1.807) is 48.5 Å². The van der Waals surface area contributed by atoms with E-state index in [9.17, 15) is 14.4 Å². The van der Waals surface area contributed by atoms with Crippen molar-refractivity contribution >= 4 is 52.6 Å². The number of anilines is 1. The second kappa shape index (κ2) is 12.9. The first-order chi connectivity index (χ1) is 16.1. The summed E-state index contributed by atoms with van der Waals surface area (Å²) in [6, 6.07) is 12.6. The topological polar surface area (TPSA) is 166 Å². The fourth-order valence-corrected chi connectivity index (χ4v) is 3.32. The summed E-state index contributed by atoms with van der Waals surface area (Å²) in [6.07, 6.45) is -0.291. The van der Waals surface area contributed by atoms with Crippen molar-refractivity contribution in [2.24, 2.45) is 11.5 Å². The number of carboxylic acid groups (broad SMARTS) is 1. The van der Waals surface area contributed by atoms with E-state index in [-0.39, 0.29) is 25.9 Å². The summed E-state index contributed by atoms with van der Waals surface area (Å²) in [5, 5.41) is 18.5. The Hall–Kier alpha value is -3.18. The van der Waals surface area contributed by atoms with Crippen LogP contribution in [0.15, 0.2) is 48.5 Å². The summed E-state index contributed by atoms with van der Waals surface area (Å²) in [6.45, 7) is 0.180. The van der Waals surface area contributed by atoms with Gasteiger partial charge in [0.1, 0.15) is 12.5 Å². The zero-order chi connectivity index (χ0) is 25.3. The van der Waals surface area contributed by atoms with Crippen molar-refractivity contribution in [2.45, 2.75) is 31.8 Å². The fourth-order valence-electron chi connectivity index (χ4n) is 3.00. The molecule has 0 bridgehead atoms. The molecule has 0 saturated heterocycles. The minimum Gasteiger partial charge on any atom is -0.480 e. The summed E-state index contributed by atoms with van der Waals surface area (Å²) in [4.78, 5) is 37.6. The van der Waals surface area contributed by atoms with Crippen LogP contribution in [0.3, 0.4) is 0 Å². The van der Waals surface area contributed by atoms with Crippen LogP contribution in [-0.2, 0) is 20.9 Å². The molecule has 0 radical (unpaired) electrons. The lowest BCUT2D eigenvalue weighted by Crippen LogP contribution is -2.48. The number of amides is 2. The van der Waals surface area contributed by atoms with Crippen LogP contribution in [0, 0.1) is 5.41 Å². The van der Waals surface area contributed by atoms with Crippen LogP contribution in [0.1, 0.15) is 24.8 Å². The number of rotatable bonds is 11. The molecule has 34 heavy (non-hydrogen) atoms. The summed E-state index contributed by atoms with van der Waals surface area (Å²) in [5.41, 5.74) is 15.2. The molecule has 0 heterocycles. The van der Waals surface area contributed by atoms with Crippen molar-refractivity contribution in [3.63, 3.8) is 0 Å². The zero-order valence-corrected chi connectivity index (χ0v) is 19.7. The van der Waals surface area contributed by atoms with Gasteiger partial charge in [-0.2, -0.15) is 0 Å². The van der Waals surface area contributed by atoms with E-state index in [1.165, 1.54) is 5.01 Å². The Kier molecular flexibility index (Phi) is 10.3. The molecule has 2 aromatic rings. The first kappa shape index (κ1) is 27.1. The maximum Gasteiger partial charge on any atom is 0.320 e. The second-order valence-electron chi connectivity index (χ2n) is 7.34. The largest absolute Gasteiger partial charge is 0.480 e. The Bertz CT molecular complexity index is 1040. The third-order valence-corrected chi connectivity index (χ3v) is 5.54. The highest BCUT2D eigenvalue weighted by atomic mass is 35.5. The third kappa shape index (κ3) is 7.99. The number of hydrogen-bond acceptors (Lipinski definition) is 6. The highest BCUT2D eigenvalue weighted by Crippen LogP contribution is 2.23. The number of carboxylic acids is 1. The normalized spacial score (nSPS) is 11.5. The zero-order valence-electron chi connectivity index (χ0n) is 18.2. The predicted molar refractivity (Wildman–Crippen MR) is 130 cm³/mol. The van der Waals surface area contributed by atoms with Crippen LogP contribution in [0.4, 0.5) is 5.69 Å². The van der Waals surface area contributed by atoms with Crippen LogP contribution < -0.4 is 21.9 Å². The van der Waals surface area contributed by atoms with Crippen LogP contribution in [0.5, 0.6) is 0 Å². The quantitative estimate of drug-likeness (QED) is 0.134. The third-order valence-electron chi connectivity index (χ3n) is 4.80. The van der Waals surface area contributed by atoms with Gasteiger partial charge in [0.05, 0.1) is 15.7 Å². The lowest BCUT2D eigenvalue weighted by Gasteiger charge is -2.26. The lowest BCUT2D eigenvalue weighted by molar-refractivity contribution is -0.138. The molecule has 12 heteroatoms. The highest BCUT2D eigenvalue weighted by molar-refractivity contribution is 6.42. The van der Waals surface area contributed by atoms with Crippen molar-refractivity contribution < 1.29 is 19.5 Å². The van der Waals surface area contributed by atoms with Crippen molar-refractivity contribution in [3.8, 4) is 0 Å². The van der Waals surface area contributed by atoms with E-state index in [4.69, 9.17) is 45.2 Å². The average molecular weight is 509 g/mol. The van der Waals surface area contributed by atoms with E-state index in [0.717, 1.165) is 10.5 Å². The van der Waals surface area contributed by atoms with E-state index in [0.29, 0.717) is 15.7 Å². The number of hydrogen-bond donors (Lipinski definition) is 5. The van der Waals surface area contributed by atoms with Gasteiger partial charge in [-0.1, -0.05) is 47.5 Å². The molecule has 2 amide bonds. The molecule has 0 fully saturated rings. The Morgan fingerprint density at radius 1 is 1.06 bits per heavy atom. The molecule has 0 saturated carbocycles. The average Bonchev–Trinajstić information content (AvgIpc) is 2.79. The van der Waals surface area contributed by atoms with Gasteiger partial charge in [0.15, 0.2) is 5.96 Å². The van der Waals surface area contributed by atoms with Gasteiger partial charge in [-0.25, -0.2) is 10.4 Å². The minimum absolute atomic E-state index is 0.0372. The molecule has 2 rings (SSSR count). The van der Waals surface area contributed by atoms with E-state index in [1.807, 2.05) is 0 Å². The monoisotopic (exact) mass is 508 g/mol. The number of halogens is 2. The number of para-hydroxylation sites is 1. The summed E-state index contributed by atoms with van der Waals surface area (Å²) >= 11 is 12.0. The van der Waals surface area contributed by atoms with Crippen molar-refractivity contribution in [1.29, 1.82) is 5.41 Å². The first-order valence-electron chi connectivity index (χ1n) is 10.3. The number of carbonyl (C=O) groups is 3. The number of nitrogens with one attached hydrogen (secondary N) is 2. The Morgan fingerprint density at radius 3 is 2.32 bits per heavy atom. The highest BCUT2D eigenvalue weighted by Gasteiger charge is 2.24. The molecule has 1 unspecified atom stereocenters. The van der Waals surface area contributed by atoms with Crippen molar-refractivity contribution in [3.05, 3.63) is 64.1 Å². The fraction of sp³-hybridized carbons (Fsp3) is 0.273. The molecule has 10 nitrogen and oxygen atoms in total. The number of guanidine groups is 1. The minimum atomic E-state index is -1.16. The molecule has 0 aliphatic carbocycles. The smallest absolute Gasteiger partial charge is 0.320 e. The molecule has 1 atom stereocenters. The number of benzene rings is 2. The number of hydrazine groups is 1. The van der Waals surface area contributed by atoms with Gasteiger partial charge in [0.2, 0.25) is 5.91 Å². The van der Waals surface area contributed by atoms with Gasteiger partial charge in [-0.15, -0.1) is 0 Å². The van der Waals surface area contributed by atoms with Crippen LogP contribution in [0.25, 0.3) is 0 Å². The number of aliphatic carboxylic acids is 1. The Morgan fingerprint density at radius 2 is 1.74 bits per heavy atom. The van der Waals surface area contributed by atoms with Crippen LogP contribution in [0.2, 0.25) is 10.0 Å². The SMILES string of the molecule is N=C(N)N(CCCC(N)C(=O)O)C(=O)CC(=O)N(NCc1ccc(Cl)c(Cl)c1)c1ccccc1. The Balaban J connectivity index is 2.10. The van der Waals surface area contributed by atoms with Gasteiger partial charge >= 0.3 is 5.97 Å². The standard InChI is InChI=1S/C22H26Cl2N6O4/c23-16-9-8-14(11-17(16)24)13-28-30(15-5-2-1-3-6-15)20(32)12-19(31)29(22(26)27)10-4-7-18(25)21(33)34/h1-3,5-6,8-9,11,18,28H,4,7,10,12-13,25H2,(H3,26,27)(H,33,34). The molecule has 0 spiro atoms. The van der Waals surface area contributed by atoms with Gasteiger partial charge in [-0.3, -0.25) is 24.7 Å². The maximum atomic E-state index is 13.1. The van der Waals surface area contributed by atoms with Crippen LogP contribution in [-0.4, -0.2) is 46.3 Å². The molecule has 0 aliphatic heterocycles. The van der Waals surface area contributed by atoms with Gasteiger partial charge in [-0.05, 0) is 42.7 Å². The molecule has 0 aliphatic rings. The summed E-state index contributed by atoms with van der Waals surface area (Å²) in [7, 11) is 0. The number of carbonyl (C=O) groups excluding carboxylic acids is 2. The Labute approximate surface area is 206 Å². The molecule has 182 valence electrons. The number of nitrogens with zero attached hydrogens (tertiary/aromatic N) is 2. The lowest BCUT2D eigenvalue weighted by atomic mass is 10.1. The maximum absolute atomic E-state index is 13.1. The second-order valence-corrected chi connectivity index (χ2v) is 8.16. The van der Waals surface area contributed by atoms with E-state index in [2.05, 4.69) is 5.43 Å². The molecule has 7 N–H and O–H groups in total. The predicted octanol–water partition coefficient (Wildman–Crippen LogP) is 2.34. The molecule has 2 aromatic carbocycles. The summed E-state index contributed by atoms with van der Waals surface area (Å²) < 4.78 is 0. The molecule has 0 aromatic heterocycles. The van der Waals surface area contributed by atoms with E-state index >= 15 is 0 Å². The molecular formula is C22H26Cl2N6O4. The number of nitrogens with two attached hydrogens (primary N) is 2.